The van der Waals surface area contributed by atoms with Crippen molar-refractivity contribution < 1.29 is 4.42 Å². The van der Waals surface area contributed by atoms with E-state index in [0.29, 0.717) is 17.6 Å². The minimum absolute atomic E-state index is 0.562. The van der Waals surface area contributed by atoms with Crippen LogP contribution in [0.5, 0.6) is 0 Å². The molecule has 51 heavy (non-hydrogen) atoms. The van der Waals surface area contributed by atoms with E-state index >= 15 is 0 Å². The van der Waals surface area contributed by atoms with Crippen LogP contribution in [0.25, 0.3) is 100.0 Å². The van der Waals surface area contributed by atoms with Crippen LogP contribution in [0.4, 0.5) is 0 Å². The van der Waals surface area contributed by atoms with E-state index in [1.54, 1.807) is 0 Å². The predicted molar refractivity (Wildman–Crippen MR) is 207 cm³/mol. The summed E-state index contributed by atoms with van der Waals surface area (Å²) < 4.78 is 11.1. The van der Waals surface area contributed by atoms with Crippen molar-refractivity contribution in [1.82, 2.24) is 24.1 Å². The van der Waals surface area contributed by atoms with Gasteiger partial charge in [-0.05, 0) is 42.5 Å². The molecule has 0 bridgehead atoms. The Kier molecular flexibility index (Phi) is 5.86. The lowest BCUT2D eigenvalue weighted by Gasteiger charge is -2.11. The molecule has 0 radical (unpaired) electrons. The second-order valence-corrected chi connectivity index (χ2v) is 12.9. The quantitative estimate of drug-likeness (QED) is 0.190. The normalized spacial score (nSPS) is 11.9. The maximum atomic E-state index is 6.49. The number of furan rings is 1. The Morgan fingerprint density at radius 1 is 0.392 bits per heavy atom. The molecule has 6 heteroatoms. The Balaban J connectivity index is 1.33. The van der Waals surface area contributed by atoms with Gasteiger partial charge in [-0.3, -0.25) is 4.57 Å². The largest absolute Gasteiger partial charge is 0.456 e. The summed E-state index contributed by atoms with van der Waals surface area (Å²) in [6, 6.07) is 56.6. The summed E-state index contributed by atoms with van der Waals surface area (Å²) in [6.45, 7) is 0. The van der Waals surface area contributed by atoms with Crippen molar-refractivity contribution >= 4 is 65.6 Å². The van der Waals surface area contributed by atoms with Crippen molar-refractivity contribution in [2.24, 2.45) is 0 Å². The van der Waals surface area contributed by atoms with Gasteiger partial charge in [-0.25, -0.2) is 4.98 Å². The van der Waals surface area contributed by atoms with Crippen LogP contribution in [-0.2, 0) is 0 Å². The second-order valence-electron chi connectivity index (χ2n) is 12.9. The summed E-state index contributed by atoms with van der Waals surface area (Å²) in [5.74, 6) is 1.80. The highest BCUT2D eigenvalue weighted by molar-refractivity contribution is 6.27. The van der Waals surface area contributed by atoms with E-state index in [9.17, 15) is 0 Å². The van der Waals surface area contributed by atoms with E-state index in [2.05, 4.69) is 100 Å². The Hall–Kier alpha value is -7.05. The van der Waals surface area contributed by atoms with Gasteiger partial charge >= 0.3 is 0 Å². The van der Waals surface area contributed by atoms with Gasteiger partial charge in [0.05, 0.1) is 22.1 Å². The Bertz CT molecular complexity index is 3060. The number of rotatable bonds is 4. The van der Waals surface area contributed by atoms with Crippen LogP contribution in [0, 0.1) is 0 Å². The Labute approximate surface area is 291 Å². The van der Waals surface area contributed by atoms with Crippen LogP contribution < -0.4 is 0 Å². The number of benzene rings is 7. The number of hydrogen-bond donors (Lipinski definition) is 0. The first-order chi connectivity index (χ1) is 25.3. The van der Waals surface area contributed by atoms with E-state index in [4.69, 9.17) is 19.4 Å². The van der Waals surface area contributed by atoms with Crippen molar-refractivity contribution in [2.45, 2.75) is 0 Å². The molecule has 4 heterocycles. The SMILES string of the molecule is c1ccc(-c2nc(-c3ccccc3)nc(-n3c4ccccc4c4ccc5c(c6cc7oc8ccccc8c7cc6n5-c5ccccc5)c43)n2)cc1. The molecule has 0 spiro atoms. The molecule has 0 unspecified atom stereocenters. The van der Waals surface area contributed by atoms with Crippen LogP contribution in [-0.4, -0.2) is 24.1 Å². The van der Waals surface area contributed by atoms with E-state index in [0.717, 1.165) is 82.4 Å². The molecular weight excluding hydrogens is 627 g/mol. The summed E-state index contributed by atoms with van der Waals surface area (Å²) >= 11 is 0. The number of aromatic nitrogens is 5. The topological polar surface area (TPSA) is 61.7 Å². The maximum Gasteiger partial charge on any atom is 0.238 e. The molecule has 4 aromatic heterocycles. The van der Waals surface area contributed by atoms with Crippen molar-refractivity contribution in [3.8, 4) is 34.4 Å². The molecule has 0 amide bonds. The molecule has 0 aliphatic carbocycles. The van der Waals surface area contributed by atoms with E-state index in [1.807, 2.05) is 72.8 Å². The average Bonchev–Trinajstić information content (AvgIpc) is 3.85. The summed E-state index contributed by atoms with van der Waals surface area (Å²) in [6.07, 6.45) is 0. The smallest absolute Gasteiger partial charge is 0.238 e. The van der Waals surface area contributed by atoms with E-state index < -0.39 is 0 Å². The number of nitrogens with zero attached hydrogens (tertiary/aromatic N) is 5. The average molecular weight is 654 g/mol. The zero-order valence-corrected chi connectivity index (χ0v) is 27.2. The number of para-hydroxylation sites is 3. The summed E-state index contributed by atoms with van der Waals surface area (Å²) in [4.78, 5) is 15.4. The summed E-state index contributed by atoms with van der Waals surface area (Å²) in [7, 11) is 0. The molecule has 11 rings (SSSR count). The van der Waals surface area contributed by atoms with Gasteiger partial charge in [-0.15, -0.1) is 0 Å². The van der Waals surface area contributed by atoms with Gasteiger partial charge in [0.15, 0.2) is 11.6 Å². The van der Waals surface area contributed by atoms with Crippen LogP contribution in [0.3, 0.4) is 0 Å². The Morgan fingerprint density at radius 3 is 1.75 bits per heavy atom. The standard InChI is InChI=1S/C45H27N5O/c1-4-14-28(15-5-1)43-46-44(29-16-6-2-7-17-29)48-45(47-43)50-36-22-12-10-20-31(36)33-24-25-37-41(42(33)50)35-27-40-34(32-21-11-13-23-39(32)51-40)26-38(35)49(37)30-18-8-3-9-19-30/h1-27H. The first-order valence-corrected chi connectivity index (χ1v) is 17.0. The first kappa shape index (κ1) is 27.9. The molecule has 0 aliphatic rings. The zero-order chi connectivity index (χ0) is 33.5. The van der Waals surface area contributed by atoms with Crippen molar-refractivity contribution in [2.75, 3.05) is 0 Å². The summed E-state index contributed by atoms with van der Waals surface area (Å²) in [5.41, 5.74) is 8.92. The highest BCUT2D eigenvalue weighted by atomic mass is 16.3. The minimum atomic E-state index is 0.562. The third-order valence-corrected chi connectivity index (χ3v) is 9.96. The van der Waals surface area contributed by atoms with Crippen LogP contribution >= 0.6 is 0 Å². The van der Waals surface area contributed by atoms with E-state index in [1.165, 1.54) is 0 Å². The molecule has 0 saturated carbocycles. The van der Waals surface area contributed by atoms with Gasteiger partial charge < -0.3 is 8.98 Å². The molecule has 0 aliphatic heterocycles. The number of fused-ring (bicyclic) bond motifs is 10. The number of hydrogen-bond acceptors (Lipinski definition) is 4. The lowest BCUT2D eigenvalue weighted by Crippen LogP contribution is -2.06. The monoisotopic (exact) mass is 653 g/mol. The molecule has 238 valence electrons. The molecule has 7 aromatic carbocycles. The lowest BCUT2D eigenvalue weighted by molar-refractivity contribution is 0.669. The fourth-order valence-corrected chi connectivity index (χ4v) is 7.73. The molecule has 0 N–H and O–H groups in total. The minimum Gasteiger partial charge on any atom is -0.456 e. The van der Waals surface area contributed by atoms with Crippen molar-refractivity contribution in [3.05, 3.63) is 164 Å². The van der Waals surface area contributed by atoms with Gasteiger partial charge in [0.1, 0.15) is 11.2 Å². The van der Waals surface area contributed by atoms with E-state index in [-0.39, 0.29) is 0 Å². The van der Waals surface area contributed by atoms with Crippen LogP contribution in [0.1, 0.15) is 0 Å². The lowest BCUT2D eigenvalue weighted by atomic mass is 10.1. The van der Waals surface area contributed by atoms with Crippen molar-refractivity contribution in [3.63, 3.8) is 0 Å². The molecular formula is C45H27N5O. The predicted octanol–water partition coefficient (Wildman–Crippen LogP) is 11.3. The maximum absolute atomic E-state index is 6.49. The molecule has 0 saturated heterocycles. The van der Waals surface area contributed by atoms with Crippen molar-refractivity contribution in [1.29, 1.82) is 0 Å². The van der Waals surface area contributed by atoms with Gasteiger partial charge in [0.25, 0.3) is 0 Å². The second kappa shape index (κ2) is 10.7. The van der Waals surface area contributed by atoms with Crippen LogP contribution in [0.2, 0.25) is 0 Å². The molecule has 0 atom stereocenters. The highest BCUT2D eigenvalue weighted by Crippen LogP contribution is 2.44. The van der Waals surface area contributed by atoms with Gasteiger partial charge in [-0.2, -0.15) is 9.97 Å². The molecule has 11 aromatic rings. The van der Waals surface area contributed by atoms with Gasteiger partial charge in [-0.1, -0.05) is 121 Å². The van der Waals surface area contributed by atoms with Crippen LogP contribution in [0.15, 0.2) is 168 Å². The highest BCUT2D eigenvalue weighted by Gasteiger charge is 2.24. The molecule has 0 fully saturated rings. The van der Waals surface area contributed by atoms with Gasteiger partial charge in [0, 0.05) is 49.1 Å². The zero-order valence-electron chi connectivity index (χ0n) is 27.2. The molecule has 6 nitrogen and oxygen atoms in total. The fraction of sp³-hybridized carbons (Fsp3) is 0. The van der Waals surface area contributed by atoms with Gasteiger partial charge in [0.2, 0.25) is 5.95 Å². The summed E-state index contributed by atoms with van der Waals surface area (Å²) in [5, 5.41) is 6.64. The first-order valence-electron chi connectivity index (χ1n) is 17.0. The fourth-order valence-electron chi connectivity index (χ4n) is 7.73. The third kappa shape index (κ3) is 4.14. The Morgan fingerprint density at radius 2 is 1.02 bits per heavy atom. The third-order valence-electron chi connectivity index (χ3n) is 9.96.